The maximum atomic E-state index is 2.46. The number of hydrogen-bond acceptors (Lipinski definition) is 1. The molecule has 0 spiro atoms. The quantitative estimate of drug-likeness (QED) is 0.150. The van der Waals surface area contributed by atoms with Crippen molar-refractivity contribution in [3.63, 3.8) is 0 Å². The van der Waals surface area contributed by atoms with Crippen LogP contribution in [0.3, 0.4) is 0 Å². The number of hydrogen-bond donors (Lipinski definition) is 0. The summed E-state index contributed by atoms with van der Waals surface area (Å²) in [5, 5.41) is 0. The predicted molar refractivity (Wildman–Crippen MR) is 246 cm³/mol. The second kappa shape index (κ2) is 15.1. The van der Waals surface area contributed by atoms with Gasteiger partial charge in [0.25, 0.3) is 0 Å². The molecule has 58 heavy (non-hydrogen) atoms. The molecule has 0 heterocycles. The highest BCUT2D eigenvalue weighted by molar-refractivity contribution is 5.99. The van der Waals surface area contributed by atoms with Gasteiger partial charge in [0.15, 0.2) is 0 Å². The molecule has 2 aliphatic carbocycles. The smallest absolute Gasteiger partial charge is 0.0465 e. The first-order valence-corrected chi connectivity index (χ1v) is 21.1. The van der Waals surface area contributed by atoms with E-state index in [-0.39, 0.29) is 5.41 Å². The molecule has 0 radical (unpaired) electrons. The van der Waals surface area contributed by atoms with Crippen molar-refractivity contribution in [1.82, 2.24) is 0 Å². The van der Waals surface area contributed by atoms with Gasteiger partial charge in [-0.15, -0.1) is 0 Å². The molecule has 1 saturated carbocycles. The summed E-state index contributed by atoms with van der Waals surface area (Å²) in [5.41, 5.74) is 20.1. The summed E-state index contributed by atoms with van der Waals surface area (Å²) in [7, 11) is 0. The molecule has 0 saturated heterocycles. The molecule has 8 aromatic carbocycles. The van der Waals surface area contributed by atoms with E-state index in [1.165, 1.54) is 116 Å². The summed E-state index contributed by atoms with van der Waals surface area (Å²) in [6, 6.07) is 72.1. The fourth-order valence-electron chi connectivity index (χ4n) is 9.92. The summed E-state index contributed by atoms with van der Waals surface area (Å²) in [4.78, 5) is 2.46. The van der Waals surface area contributed by atoms with Crippen LogP contribution in [-0.4, -0.2) is 0 Å². The Morgan fingerprint density at radius 3 is 1.59 bits per heavy atom. The number of nitrogens with zero attached hydrogens (tertiary/aromatic N) is 1. The molecular formula is C57H49N. The van der Waals surface area contributed by atoms with Crippen molar-refractivity contribution >= 4 is 17.1 Å². The molecule has 0 bridgehead atoms. The number of fused-ring (bicyclic) bond motifs is 3. The first-order valence-electron chi connectivity index (χ1n) is 21.1. The lowest BCUT2D eigenvalue weighted by molar-refractivity contribution is 0.443. The normalized spacial score (nSPS) is 14.4. The van der Waals surface area contributed by atoms with Crippen LogP contribution in [0.5, 0.6) is 0 Å². The fraction of sp³-hybridized carbons (Fsp3) is 0.158. The zero-order valence-corrected chi connectivity index (χ0v) is 33.5. The van der Waals surface area contributed by atoms with Gasteiger partial charge in [-0.3, -0.25) is 0 Å². The van der Waals surface area contributed by atoms with E-state index in [1.54, 1.807) is 0 Å². The van der Waals surface area contributed by atoms with Gasteiger partial charge in [0.2, 0.25) is 0 Å². The number of anilines is 3. The second-order valence-corrected chi connectivity index (χ2v) is 16.7. The van der Waals surface area contributed by atoms with E-state index in [0.29, 0.717) is 5.92 Å². The zero-order valence-electron chi connectivity index (χ0n) is 33.5. The van der Waals surface area contributed by atoms with Crippen molar-refractivity contribution in [3.8, 4) is 55.6 Å². The predicted octanol–water partition coefficient (Wildman–Crippen LogP) is 16.2. The first kappa shape index (κ1) is 35.9. The van der Waals surface area contributed by atoms with E-state index in [2.05, 4.69) is 213 Å². The molecule has 0 aromatic heterocycles. The average Bonchev–Trinajstić information content (AvgIpc) is 3.53. The minimum Gasteiger partial charge on any atom is -0.310 e. The standard InChI is InChI=1S/C57H49N/c1-57(2)54-28-15-14-25-51(54)52-38-37-47(39-55(52)57)58(45-33-29-41(30-34-45)40-17-6-3-7-18-40)46-35-31-44(32-36-46)56-49(43-21-10-5-11-22-43)26-16-27-53(56)50-24-13-12-23-48(50)42-19-8-4-9-20-42/h4-5,8-16,19-40H,3,6-7,17-18H2,1-2H3. The molecule has 282 valence electrons. The molecule has 10 rings (SSSR count). The van der Waals surface area contributed by atoms with Gasteiger partial charge < -0.3 is 4.90 Å². The van der Waals surface area contributed by atoms with Gasteiger partial charge in [-0.2, -0.15) is 0 Å². The average molecular weight is 748 g/mol. The SMILES string of the molecule is CC1(C)c2ccccc2-c2ccc(N(c3ccc(-c4c(-c5ccccc5)cccc4-c4ccccc4-c4ccccc4)cc3)c3ccc(C4CCCCC4)cc3)cc21. The molecule has 0 atom stereocenters. The summed E-state index contributed by atoms with van der Waals surface area (Å²) in [6.45, 7) is 4.74. The number of benzene rings is 8. The van der Waals surface area contributed by atoms with Gasteiger partial charge in [0.05, 0.1) is 0 Å². The third kappa shape index (κ3) is 6.45. The Kier molecular flexibility index (Phi) is 9.38. The van der Waals surface area contributed by atoms with Crippen LogP contribution in [0.4, 0.5) is 17.1 Å². The van der Waals surface area contributed by atoms with E-state index in [1.807, 2.05) is 0 Å². The molecule has 0 aliphatic heterocycles. The lowest BCUT2D eigenvalue weighted by atomic mass is 9.82. The summed E-state index contributed by atoms with van der Waals surface area (Å²) in [6.07, 6.45) is 6.64. The van der Waals surface area contributed by atoms with Crippen LogP contribution >= 0.6 is 0 Å². The topological polar surface area (TPSA) is 3.24 Å². The zero-order chi connectivity index (χ0) is 39.1. The maximum Gasteiger partial charge on any atom is 0.0465 e. The highest BCUT2D eigenvalue weighted by atomic mass is 15.1. The molecule has 1 nitrogen and oxygen atoms in total. The highest BCUT2D eigenvalue weighted by Gasteiger charge is 2.35. The minimum absolute atomic E-state index is 0.0874. The van der Waals surface area contributed by atoms with Gasteiger partial charge in [0, 0.05) is 22.5 Å². The Labute approximate surface area is 344 Å². The molecule has 0 amide bonds. The van der Waals surface area contributed by atoms with Gasteiger partial charge in [-0.25, -0.2) is 0 Å². The van der Waals surface area contributed by atoms with E-state index >= 15 is 0 Å². The number of rotatable bonds is 8. The molecule has 1 fully saturated rings. The first-order chi connectivity index (χ1) is 28.5. The Hall–Kier alpha value is -6.44. The minimum atomic E-state index is -0.0874. The monoisotopic (exact) mass is 747 g/mol. The fourth-order valence-corrected chi connectivity index (χ4v) is 9.92. The maximum absolute atomic E-state index is 2.46. The van der Waals surface area contributed by atoms with Crippen LogP contribution < -0.4 is 4.90 Å². The van der Waals surface area contributed by atoms with Crippen LogP contribution in [-0.2, 0) is 5.41 Å². The van der Waals surface area contributed by atoms with Crippen molar-refractivity contribution in [2.45, 2.75) is 57.3 Å². The van der Waals surface area contributed by atoms with E-state index in [0.717, 1.165) is 5.69 Å². The molecule has 8 aromatic rings. The lowest BCUT2D eigenvalue weighted by Gasteiger charge is -2.29. The van der Waals surface area contributed by atoms with Crippen LogP contribution in [0.1, 0.15) is 68.6 Å². The summed E-state index contributed by atoms with van der Waals surface area (Å²) < 4.78 is 0. The Morgan fingerprint density at radius 1 is 0.379 bits per heavy atom. The third-order valence-corrected chi connectivity index (χ3v) is 12.9. The van der Waals surface area contributed by atoms with Crippen molar-refractivity contribution in [2.24, 2.45) is 0 Å². The van der Waals surface area contributed by atoms with Crippen LogP contribution in [0.15, 0.2) is 194 Å². The van der Waals surface area contributed by atoms with E-state index in [4.69, 9.17) is 0 Å². The van der Waals surface area contributed by atoms with Crippen LogP contribution in [0.25, 0.3) is 55.6 Å². The van der Waals surface area contributed by atoms with Crippen molar-refractivity contribution in [2.75, 3.05) is 4.90 Å². The molecule has 0 N–H and O–H groups in total. The van der Waals surface area contributed by atoms with Crippen LogP contribution in [0, 0.1) is 0 Å². The Balaban J connectivity index is 1.11. The van der Waals surface area contributed by atoms with Crippen molar-refractivity contribution < 1.29 is 0 Å². The third-order valence-electron chi connectivity index (χ3n) is 12.9. The van der Waals surface area contributed by atoms with Crippen molar-refractivity contribution in [3.05, 3.63) is 211 Å². The molecule has 2 aliphatic rings. The Bertz CT molecular complexity index is 2700. The van der Waals surface area contributed by atoms with E-state index in [9.17, 15) is 0 Å². The van der Waals surface area contributed by atoms with Crippen LogP contribution in [0.2, 0.25) is 0 Å². The molecule has 0 unspecified atom stereocenters. The van der Waals surface area contributed by atoms with Crippen molar-refractivity contribution in [1.29, 1.82) is 0 Å². The highest BCUT2D eigenvalue weighted by Crippen LogP contribution is 2.51. The second-order valence-electron chi connectivity index (χ2n) is 16.7. The molecular weight excluding hydrogens is 699 g/mol. The summed E-state index contributed by atoms with van der Waals surface area (Å²) in [5.74, 6) is 0.667. The van der Waals surface area contributed by atoms with Gasteiger partial charge in [-0.05, 0) is 127 Å². The summed E-state index contributed by atoms with van der Waals surface area (Å²) >= 11 is 0. The van der Waals surface area contributed by atoms with Gasteiger partial charge >= 0.3 is 0 Å². The lowest BCUT2D eigenvalue weighted by Crippen LogP contribution is -2.16. The van der Waals surface area contributed by atoms with Gasteiger partial charge in [0.1, 0.15) is 0 Å². The van der Waals surface area contributed by atoms with E-state index < -0.39 is 0 Å². The Morgan fingerprint density at radius 2 is 0.897 bits per heavy atom. The largest absolute Gasteiger partial charge is 0.310 e. The molecule has 1 heteroatoms. The van der Waals surface area contributed by atoms with Gasteiger partial charge in [-0.1, -0.05) is 191 Å².